The Morgan fingerprint density at radius 3 is 2.05 bits per heavy atom. The molecule has 2 amide bonds. The minimum absolute atomic E-state index is 0.0336. The number of carbonyl (C=O) groups excluding carboxylic acids is 2. The van der Waals surface area contributed by atoms with Gasteiger partial charge in [-0.15, -0.1) is 0 Å². The Balaban J connectivity index is 2.10. The molecule has 0 spiro atoms. The highest BCUT2D eigenvalue weighted by molar-refractivity contribution is 7.92. The first-order chi connectivity index (χ1) is 18.4. The van der Waals surface area contributed by atoms with Gasteiger partial charge in [0.15, 0.2) is 0 Å². The van der Waals surface area contributed by atoms with E-state index >= 15 is 0 Å². The fraction of sp³-hybridized carbons (Fsp3) is 0.333. The molecular formula is C30H36ClN3O4S. The molecule has 0 unspecified atom stereocenters. The van der Waals surface area contributed by atoms with Crippen LogP contribution in [0.1, 0.15) is 36.1 Å². The van der Waals surface area contributed by atoms with E-state index in [0.29, 0.717) is 16.3 Å². The smallest absolute Gasteiger partial charge is 0.244 e. The van der Waals surface area contributed by atoms with Gasteiger partial charge in [0, 0.05) is 24.0 Å². The predicted molar refractivity (Wildman–Crippen MR) is 157 cm³/mol. The van der Waals surface area contributed by atoms with E-state index < -0.39 is 28.5 Å². The van der Waals surface area contributed by atoms with Crippen LogP contribution in [0, 0.1) is 13.8 Å². The van der Waals surface area contributed by atoms with Gasteiger partial charge in [-0.05, 0) is 56.0 Å². The highest BCUT2D eigenvalue weighted by Gasteiger charge is 2.34. The molecule has 1 N–H and O–H groups in total. The van der Waals surface area contributed by atoms with Gasteiger partial charge in [-0.3, -0.25) is 13.9 Å². The Labute approximate surface area is 236 Å². The molecule has 3 aromatic carbocycles. The number of hydrogen-bond donors (Lipinski definition) is 1. The van der Waals surface area contributed by atoms with Gasteiger partial charge in [-0.2, -0.15) is 0 Å². The van der Waals surface area contributed by atoms with Crippen LogP contribution in [-0.4, -0.2) is 50.0 Å². The van der Waals surface area contributed by atoms with Crippen molar-refractivity contribution >= 4 is 39.1 Å². The lowest BCUT2D eigenvalue weighted by atomic mass is 10.0. The molecule has 1 atom stereocenters. The minimum Gasteiger partial charge on any atom is -0.352 e. The number of para-hydroxylation sites is 1. The maximum absolute atomic E-state index is 14.1. The lowest BCUT2D eigenvalue weighted by molar-refractivity contribution is -0.140. The number of amides is 2. The standard InChI is InChI=1S/C30H36ClN3O4S/c1-21(2)32-30(36)27(18-24-14-7-6-8-15-24)33(19-25-16-9-10-17-26(25)31)28(35)20-34(39(5,37)38)29-22(3)12-11-13-23(29)4/h6-17,21,27H,18-20H2,1-5H3,(H,32,36)/t27-/m1/s1. The number of aryl methyl sites for hydroxylation is 2. The average molecular weight is 570 g/mol. The monoisotopic (exact) mass is 569 g/mol. The molecule has 0 aromatic heterocycles. The van der Waals surface area contributed by atoms with Crippen molar-refractivity contribution in [2.75, 3.05) is 17.1 Å². The molecule has 0 aliphatic carbocycles. The number of anilines is 1. The van der Waals surface area contributed by atoms with Crippen LogP contribution in [0.15, 0.2) is 72.8 Å². The van der Waals surface area contributed by atoms with E-state index in [9.17, 15) is 18.0 Å². The molecule has 0 heterocycles. The zero-order valence-corrected chi connectivity index (χ0v) is 24.6. The SMILES string of the molecule is Cc1cccc(C)c1N(CC(=O)N(Cc1ccccc1Cl)[C@H](Cc1ccccc1)C(=O)NC(C)C)S(C)(=O)=O. The molecule has 0 saturated carbocycles. The molecule has 9 heteroatoms. The van der Waals surface area contributed by atoms with Crippen LogP contribution < -0.4 is 9.62 Å². The summed E-state index contributed by atoms with van der Waals surface area (Å²) in [6.45, 7) is 6.89. The van der Waals surface area contributed by atoms with E-state index in [1.165, 1.54) is 4.90 Å². The highest BCUT2D eigenvalue weighted by atomic mass is 35.5. The van der Waals surface area contributed by atoms with Gasteiger partial charge in [0.05, 0.1) is 11.9 Å². The molecule has 7 nitrogen and oxygen atoms in total. The molecular weight excluding hydrogens is 534 g/mol. The van der Waals surface area contributed by atoms with Crippen molar-refractivity contribution in [1.82, 2.24) is 10.2 Å². The Morgan fingerprint density at radius 1 is 0.897 bits per heavy atom. The largest absolute Gasteiger partial charge is 0.352 e. The van der Waals surface area contributed by atoms with Gasteiger partial charge >= 0.3 is 0 Å². The summed E-state index contributed by atoms with van der Waals surface area (Å²) in [7, 11) is -3.84. The Bertz CT molecular complexity index is 1390. The number of benzene rings is 3. The number of sulfonamides is 1. The number of nitrogens with one attached hydrogen (secondary N) is 1. The van der Waals surface area contributed by atoms with Gasteiger partial charge in [-0.1, -0.05) is 78.3 Å². The second-order valence-corrected chi connectivity index (χ2v) is 12.3. The predicted octanol–water partition coefficient (Wildman–Crippen LogP) is 4.89. The molecule has 3 aromatic rings. The Morgan fingerprint density at radius 2 is 1.49 bits per heavy atom. The second-order valence-electron chi connectivity index (χ2n) is 9.99. The van der Waals surface area contributed by atoms with E-state index in [0.717, 1.165) is 27.3 Å². The van der Waals surface area contributed by atoms with E-state index in [2.05, 4.69) is 5.32 Å². The number of rotatable bonds is 11. The molecule has 0 fully saturated rings. The zero-order chi connectivity index (χ0) is 28.7. The number of nitrogens with zero attached hydrogens (tertiary/aromatic N) is 2. The lowest BCUT2D eigenvalue weighted by Crippen LogP contribution is -2.54. The Kier molecular flexibility index (Phi) is 10.2. The third-order valence-corrected chi connectivity index (χ3v) is 7.85. The molecule has 39 heavy (non-hydrogen) atoms. The van der Waals surface area contributed by atoms with Crippen molar-refractivity contribution in [1.29, 1.82) is 0 Å². The third-order valence-electron chi connectivity index (χ3n) is 6.37. The van der Waals surface area contributed by atoms with Crippen LogP contribution in [0.5, 0.6) is 0 Å². The summed E-state index contributed by atoms with van der Waals surface area (Å²) in [5.41, 5.74) is 3.43. The summed E-state index contributed by atoms with van der Waals surface area (Å²) in [5, 5.41) is 3.39. The first-order valence-electron chi connectivity index (χ1n) is 12.8. The molecule has 0 radical (unpaired) electrons. The van der Waals surface area contributed by atoms with Crippen LogP contribution in [0.2, 0.25) is 5.02 Å². The summed E-state index contributed by atoms with van der Waals surface area (Å²) in [5.74, 6) is -0.838. The Hall–Kier alpha value is -3.36. The normalized spacial score (nSPS) is 12.2. The van der Waals surface area contributed by atoms with E-state index in [4.69, 9.17) is 11.6 Å². The summed E-state index contributed by atoms with van der Waals surface area (Å²) in [4.78, 5) is 29.1. The van der Waals surface area contributed by atoms with E-state index in [1.807, 2.05) is 56.3 Å². The maximum atomic E-state index is 14.1. The van der Waals surface area contributed by atoms with Crippen LogP contribution in [0.3, 0.4) is 0 Å². The fourth-order valence-electron chi connectivity index (χ4n) is 4.52. The van der Waals surface area contributed by atoms with E-state index in [1.54, 1.807) is 44.2 Å². The van der Waals surface area contributed by atoms with Gasteiger partial charge in [0.1, 0.15) is 12.6 Å². The number of hydrogen-bond acceptors (Lipinski definition) is 4. The highest BCUT2D eigenvalue weighted by Crippen LogP contribution is 2.28. The van der Waals surface area contributed by atoms with Crippen LogP contribution in [0.25, 0.3) is 0 Å². The van der Waals surface area contributed by atoms with Crippen molar-refractivity contribution in [3.05, 3.63) is 100 Å². The van der Waals surface area contributed by atoms with Crippen molar-refractivity contribution in [3.63, 3.8) is 0 Å². The molecule has 0 aliphatic heterocycles. The van der Waals surface area contributed by atoms with Crippen LogP contribution >= 0.6 is 11.6 Å². The third kappa shape index (κ3) is 8.07. The lowest BCUT2D eigenvalue weighted by Gasteiger charge is -2.34. The second kappa shape index (κ2) is 13.1. The van der Waals surface area contributed by atoms with Gasteiger partial charge in [0.25, 0.3) is 0 Å². The topological polar surface area (TPSA) is 86.8 Å². The molecule has 0 aliphatic rings. The minimum atomic E-state index is -3.84. The van der Waals surface area contributed by atoms with Crippen LogP contribution in [0.4, 0.5) is 5.69 Å². The fourth-order valence-corrected chi connectivity index (χ4v) is 5.68. The quantitative estimate of drug-likeness (QED) is 0.356. The van der Waals surface area contributed by atoms with Crippen molar-refractivity contribution in [3.8, 4) is 0 Å². The first kappa shape index (κ1) is 30.2. The summed E-state index contributed by atoms with van der Waals surface area (Å²) in [6.07, 6.45) is 1.33. The molecule has 208 valence electrons. The maximum Gasteiger partial charge on any atom is 0.244 e. The summed E-state index contributed by atoms with van der Waals surface area (Å²) >= 11 is 6.47. The van der Waals surface area contributed by atoms with Gasteiger partial charge in [0.2, 0.25) is 21.8 Å². The summed E-state index contributed by atoms with van der Waals surface area (Å²) < 4.78 is 27.1. The van der Waals surface area contributed by atoms with Crippen molar-refractivity contribution < 1.29 is 18.0 Å². The summed E-state index contributed by atoms with van der Waals surface area (Å²) in [6, 6.07) is 20.9. The van der Waals surface area contributed by atoms with Crippen molar-refractivity contribution in [2.45, 2.75) is 52.7 Å². The van der Waals surface area contributed by atoms with Crippen molar-refractivity contribution in [2.24, 2.45) is 0 Å². The average Bonchev–Trinajstić information content (AvgIpc) is 2.86. The first-order valence-corrected chi connectivity index (χ1v) is 15.0. The van der Waals surface area contributed by atoms with E-state index in [-0.39, 0.29) is 24.9 Å². The number of carbonyl (C=O) groups is 2. The van der Waals surface area contributed by atoms with Crippen LogP contribution in [-0.2, 0) is 32.6 Å². The molecule has 3 rings (SSSR count). The molecule has 0 bridgehead atoms. The van der Waals surface area contributed by atoms with Gasteiger partial charge in [-0.25, -0.2) is 8.42 Å². The van der Waals surface area contributed by atoms with Gasteiger partial charge < -0.3 is 10.2 Å². The zero-order valence-electron chi connectivity index (χ0n) is 23.0. The molecule has 0 saturated heterocycles. The number of halogens is 1.